The third-order valence-electron chi connectivity index (χ3n) is 5.39. The second-order valence-electron chi connectivity index (χ2n) is 7.90. The molecule has 0 aliphatic rings. The molecule has 0 saturated heterocycles. The second kappa shape index (κ2) is 14.0. The van der Waals surface area contributed by atoms with Crippen LogP contribution in [-0.4, -0.2) is 25.9 Å². The number of hydrogen-bond donors (Lipinski definition) is 0. The molecule has 4 aromatic rings. The van der Waals surface area contributed by atoms with Crippen LogP contribution in [0.1, 0.15) is 22.3 Å². The fourth-order valence-electron chi connectivity index (χ4n) is 3.71. The maximum Gasteiger partial charge on any atom is 1.00 e. The first-order valence-corrected chi connectivity index (χ1v) is 13.6. The molecule has 4 rings (SSSR count). The fourth-order valence-corrected chi connectivity index (χ4v) is 5.05. The van der Waals surface area contributed by atoms with Gasteiger partial charge in [-0.2, -0.15) is 0 Å². The Hall–Kier alpha value is -1.82. The van der Waals surface area contributed by atoms with E-state index in [0.29, 0.717) is 11.1 Å². The van der Waals surface area contributed by atoms with Gasteiger partial charge in [0.05, 0.1) is 9.79 Å². The van der Waals surface area contributed by atoms with E-state index in [9.17, 15) is 25.9 Å². The minimum absolute atomic E-state index is 0. The van der Waals surface area contributed by atoms with Gasteiger partial charge < -0.3 is 9.11 Å². The van der Waals surface area contributed by atoms with Crippen LogP contribution in [-0.2, 0) is 20.2 Å². The molecule has 0 bridgehead atoms. The molecule has 0 amide bonds. The molecule has 182 valence electrons. The van der Waals surface area contributed by atoms with Crippen LogP contribution >= 0.6 is 0 Å². The largest absolute Gasteiger partial charge is 1.00 e. The number of benzene rings is 4. The molecule has 0 aliphatic heterocycles. The first-order chi connectivity index (χ1) is 17.1. The molecule has 4 aromatic carbocycles. The Morgan fingerprint density at radius 1 is 0.474 bits per heavy atom. The van der Waals surface area contributed by atoms with Crippen molar-refractivity contribution < 1.29 is 85.1 Å². The summed E-state index contributed by atoms with van der Waals surface area (Å²) in [6, 6.07) is 27.2. The molecule has 0 saturated carbocycles. The summed E-state index contributed by atoms with van der Waals surface area (Å²) in [5, 5.41) is 0. The third kappa shape index (κ3) is 8.59. The molecule has 0 spiro atoms. The molecule has 0 atom stereocenters. The van der Waals surface area contributed by atoms with Crippen LogP contribution in [0.2, 0.25) is 0 Å². The van der Waals surface area contributed by atoms with Crippen LogP contribution in [0.15, 0.2) is 107 Å². The van der Waals surface area contributed by atoms with Crippen molar-refractivity contribution in [3.63, 3.8) is 0 Å². The molecule has 6 nitrogen and oxygen atoms in total. The Labute approximate surface area is 267 Å². The van der Waals surface area contributed by atoms with Crippen LogP contribution in [0.25, 0.3) is 35.4 Å². The minimum Gasteiger partial charge on any atom is -0.744 e. The van der Waals surface area contributed by atoms with E-state index < -0.39 is 20.2 Å². The van der Waals surface area contributed by atoms with Gasteiger partial charge in [0.15, 0.2) is 0 Å². The zero-order valence-electron chi connectivity index (χ0n) is 20.8. The molecule has 0 aliphatic carbocycles. The van der Waals surface area contributed by atoms with Gasteiger partial charge in [0.25, 0.3) is 0 Å². The third-order valence-corrected chi connectivity index (χ3v) is 7.21. The van der Waals surface area contributed by atoms with E-state index in [-0.39, 0.29) is 68.9 Å². The number of hydrogen-bond acceptors (Lipinski definition) is 6. The van der Waals surface area contributed by atoms with Crippen LogP contribution < -0.4 is 59.1 Å². The topological polar surface area (TPSA) is 114 Å². The van der Waals surface area contributed by atoms with E-state index in [1.165, 1.54) is 24.3 Å². The number of rotatable bonds is 7. The molecule has 0 unspecified atom stereocenters. The molecule has 0 fully saturated rings. The minimum atomic E-state index is -4.59. The predicted molar refractivity (Wildman–Crippen MR) is 139 cm³/mol. The van der Waals surface area contributed by atoms with Crippen molar-refractivity contribution in [2.75, 3.05) is 0 Å². The monoisotopic (exact) mass is 562 g/mol. The van der Waals surface area contributed by atoms with Gasteiger partial charge in [0, 0.05) is 0 Å². The molecule has 38 heavy (non-hydrogen) atoms. The predicted octanol–water partition coefficient (Wildman–Crippen LogP) is -0.489. The van der Waals surface area contributed by atoms with E-state index in [1.807, 2.05) is 48.5 Å². The average molecular weight is 563 g/mol. The summed E-state index contributed by atoms with van der Waals surface area (Å²) in [4.78, 5) is -0.550. The molecule has 0 aromatic heterocycles. The summed E-state index contributed by atoms with van der Waals surface area (Å²) in [5.41, 5.74) is 4.04. The van der Waals surface area contributed by atoms with Crippen molar-refractivity contribution >= 4 is 44.5 Å². The van der Waals surface area contributed by atoms with Gasteiger partial charge in [0.1, 0.15) is 20.2 Å². The van der Waals surface area contributed by atoms with E-state index in [1.54, 1.807) is 48.6 Å². The standard InChI is InChI=1S/C28H22O6S2.2Na/c29-35(30,31)27-13-3-1-9-23(27)17-15-21-7-5-11-25(19-21)26-12-6-8-22(20-26)16-18-24-10-2-4-14-28(24)36(32,33)34;;/h1-20H,(H,29,30,31)(H,32,33,34);;/q;2*+1/p-2/b17-15-,18-16-;;. The first kappa shape index (κ1) is 32.4. The maximum atomic E-state index is 11.5. The van der Waals surface area contributed by atoms with Crippen molar-refractivity contribution in [3.05, 3.63) is 119 Å². The van der Waals surface area contributed by atoms with Crippen molar-refractivity contribution in [3.8, 4) is 11.1 Å². The Balaban J connectivity index is 0.00000253. The van der Waals surface area contributed by atoms with E-state index >= 15 is 0 Å². The fraction of sp³-hybridized carbons (Fsp3) is 0. The van der Waals surface area contributed by atoms with Gasteiger partial charge in [-0.05, 0) is 57.6 Å². The van der Waals surface area contributed by atoms with Gasteiger partial charge in [-0.1, -0.05) is 97.1 Å². The first-order valence-electron chi connectivity index (χ1n) is 10.8. The van der Waals surface area contributed by atoms with E-state index in [2.05, 4.69) is 0 Å². The van der Waals surface area contributed by atoms with Gasteiger partial charge in [0.2, 0.25) is 0 Å². The van der Waals surface area contributed by atoms with Gasteiger partial charge in [-0.15, -0.1) is 0 Å². The zero-order valence-corrected chi connectivity index (χ0v) is 26.4. The molecular weight excluding hydrogens is 542 g/mol. The SMILES string of the molecule is O=S(=O)([O-])c1ccccc1/C=C\c1cccc(-c2cccc(/C=C\c3ccccc3S(=O)(=O)[O-])c2)c1.[Na+].[Na+]. The van der Waals surface area contributed by atoms with Gasteiger partial charge in [-0.3, -0.25) is 0 Å². The molecule has 0 radical (unpaired) electrons. The molecule has 10 heteroatoms. The van der Waals surface area contributed by atoms with E-state index in [4.69, 9.17) is 0 Å². The van der Waals surface area contributed by atoms with Crippen LogP contribution in [0.5, 0.6) is 0 Å². The maximum absolute atomic E-state index is 11.5. The van der Waals surface area contributed by atoms with Crippen LogP contribution in [0.3, 0.4) is 0 Å². The summed E-state index contributed by atoms with van der Waals surface area (Å²) in [7, 11) is -9.18. The molecule has 0 N–H and O–H groups in total. The normalized spacial score (nSPS) is 11.7. The molecule has 0 heterocycles. The van der Waals surface area contributed by atoms with Crippen molar-refractivity contribution in [2.24, 2.45) is 0 Å². The smallest absolute Gasteiger partial charge is 0.744 e. The summed E-state index contributed by atoms with van der Waals surface area (Å²) < 4.78 is 69.0. The van der Waals surface area contributed by atoms with Gasteiger partial charge in [-0.25, -0.2) is 16.8 Å². The second-order valence-corrected chi connectivity index (χ2v) is 10.6. The van der Waals surface area contributed by atoms with Crippen molar-refractivity contribution in [1.82, 2.24) is 0 Å². The van der Waals surface area contributed by atoms with Crippen LogP contribution in [0, 0.1) is 0 Å². The van der Waals surface area contributed by atoms with E-state index in [0.717, 1.165) is 22.3 Å². The Morgan fingerprint density at radius 2 is 0.842 bits per heavy atom. The van der Waals surface area contributed by atoms with Crippen molar-refractivity contribution in [1.29, 1.82) is 0 Å². The Kier molecular flexibility index (Phi) is 11.9. The summed E-state index contributed by atoms with van der Waals surface area (Å²) >= 11 is 0. The van der Waals surface area contributed by atoms with Crippen LogP contribution in [0.4, 0.5) is 0 Å². The summed E-state index contributed by atoms with van der Waals surface area (Å²) in [6.07, 6.45) is 6.64. The van der Waals surface area contributed by atoms with Crippen molar-refractivity contribution in [2.45, 2.75) is 9.79 Å². The van der Waals surface area contributed by atoms with Gasteiger partial charge >= 0.3 is 59.1 Å². The molecular formula is C28H20Na2O6S2. The zero-order chi connectivity index (χ0) is 25.8. The summed E-state index contributed by atoms with van der Waals surface area (Å²) in [5.74, 6) is 0. The Bertz CT molecular complexity index is 1570. The summed E-state index contributed by atoms with van der Waals surface area (Å²) in [6.45, 7) is 0. The quantitative estimate of drug-likeness (QED) is 0.171. The Morgan fingerprint density at radius 3 is 1.21 bits per heavy atom. The average Bonchev–Trinajstić information content (AvgIpc) is 2.86.